The molecule has 4 nitrogen and oxygen atoms in total. The molecule has 0 aliphatic carbocycles. The summed E-state index contributed by atoms with van der Waals surface area (Å²) in [6.07, 6.45) is -0.0976. The van der Waals surface area contributed by atoms with E-state index in [1.54, 1.807) is 31.3 Å². The van der Waals surface area contributed by atoms with Crippen LogP contribution >= 0.6 is 0 Å². The van der Waals surface area contributed by atoms with Crippen LogP contribution in [0.25, 0.3) is 11.3 Å². The molecule has 0 radical (unpaired) electrons. The number of halogens is 2. The number of hydrogen-bond donors (Lipinski definition) is 1. The molecule has 2 atom stereocenters. The Morgan fingerprint density at radius 1 is 1.16 bits per heavy atom. The van der Waals surface area contributed by atoms with Gasteiger partial charge in [-0.15, -0.1) is 0 Å². The van der Waals surface area contributed by atoms with Gasteiger partial charge >= 0.3 is 0 Å². The fourth-order valence-corrected chi connectivity index (χ4v) is 2.71. The lowest BCUT2D eigenvalue weighted by Gasteiger charge is -2.18. The van der Waals surface area contributed by atoms with Crippen molar-refractivity contribution in [3.63, 3.8) is 0 Å². The van der Waals surface area contributed by atoms with E-state index in [0.29, 0.717) is 36.2 Å². The van der Waals surface area contributed by atoms with Gasteiger partial charge in [-0.05, 0) is 56.0 Å². The summed E-state index contributed by atoms with van der Waals surface area (Å²) in [4.78, 5) is 8.31. The third-order valence-electron chi connectivity index (χ3n) is 4.05. The van der Waals surface area contributed by atoms with Crippen LogP contribution in [0.15, 0.2) is 30.5 Å². The molecule has 1 heterocycles. The second-order valence-electron chi connectivity index (χ2n) is 6.54. The van der Waals surface area contributed by atoms with Crippen molar-refractivity contribution in [2.75, 3.05) is 13.2 Å². The Morgan fingerprint density at radius 2 is 1.92 bits per heavy atom. The standard InChI is InChI=1S/C19H25F2N3O/c1-12(10-22)8-13(2)11-25-18-5-4-15(9-16(18)19(20)21)17-6-7-23-14(3)24-17/h4-7,9,12-13,19H,8,10-11,22H2,1-3H3. The smallest absolute Gasteiger partial charge is 0.267 e. The Labute approximate surface area is 147 Å². The normalized spacial score (nSPS) is 13.7. The Kier molecular flexibility index (Phi) is 6.82. The summed E-state index contributed by atoms with van der Waals surface area (Å²) in [5.41, 5.74) is 6.75. The fraction of sp³-hybridized carbons (Fsp3) is 0.474. The van der Waals surface area contributed by atoms with Gasteiger partial charge in [-0.1, -0.05) is 13.8 Å². The molecule has 0 amide bonds. The topological polar surface area (TPSA) is 61.0 Å². The van der Waals surface area contributed by atoms with E-state index in [2.05, 4.69) is 16.9 Å². The average Bonchev–Trinajstić information content (AvgIpc) is 2.59. The van der Waals surface area contributed by atoms with Gasteiger partial charge < -0.3 is 10.5 Å². The van der Waals surface area contributed by atoms with E-state index in [-0.39, 0.29) is 17.2 Å². The highest BCUT2D eigenvalue weighted by atomic mass is 19.3. The maximum atomic E-state index is 13.5. The van der Waals surface area contributed by atoms with Crippen LogP contribution in [-0.4, -0.2) is 23.1 Å². The van der Waals surface area contributed by atoms with E-state index in [9.17, 15) is 8.78 Å². The number of nitrogens with two attached hydrogens (primary N) is 1. The first kappa shape index (κ1) is 19.2. The van der Waals surface area contributed by atoms with Crippen LogP contribution in [0.4, 0.5) is 8.78 Å². The molecule has 0 spiro atoms. The zero-order valence-electron chi connectivity index (χ0n) is 14.9. The third kappa shape index (κ3) is 5.46. The molecule has 2 N–H and O–H groups in total. The predicted molar refractivity (Wildman–Crippen MR) is 94.7 cm³/mol. The molecule has 136 valence electrons. The van der Waals surface area contributed by atoms with Gasteiger partial charge in [-0.2, -0.15) is 0 Å². The number of rotatable bonds is 8. The molecule has 25 heavy (non-hydrogen) atoms. The molecule has 0 saturated carbocycles. The van der Waals surface area contributed by atoms with Crippen LogP contribution in [0.1, 0.15) is 38.1 Å². The lowest BCUT2D eigenvalue weighted by atomic mass is 9.98. The Morgan fingerprint density at radius 3 is 2.56 bits per heavy atom. The minimum Gasteiger partial charge on any atom is -0.493 e. The highest BCUT2D eigenvalue weighted by Gasteiger charge is 2.17. The minimum atomic E-state index is -2.61. The van der Waals surface area contributed by atoms with Crippen LogP contribution in [-0.2, 0) is 0 Å². The monoisotopic (exact) mass is 349 g/mol. The number of hydrogen-bond acceptors (Lipinski definition) is 4. The molecule has 0 aliphatic rings. The minimum absolute atomic E-state index is 0.118. The summed E-state index contributed by atoms with van der Waals surface area (Å²) < 4.78 is 32.6. The summed E-state index contributed by atoms with van der Waals surface area (Å²) >= 11 is 0. The zero-order chi connectivity index (χ0) is 18.4. The summed E-state index contributed by atoms with van der Waals surface area (Å²) in [5.74, 6) is 1.45. The molecule has 0 fully saturated rings. The van der Waals surface area contributed by atoms with Crippen molar-refractivity contribution in [1.29, 1.82) is 0 Å². The van der Waals surface area contributed by atoms with Crippen molar-refractivity contribution in [2.24, 2.45) is 17.6 Å². The SMILES string of the molecule is Cc1nccc(-c2ccc(OCC(C)CC(C)CN)c(C(F)F)c2)n1. The Balaban J connectivity index is 2.16. The van der Waals surface area contributed by atoms with Crippen LogP contribution in [0.5, 0.6) is 5.75 Å². The number of nitrogens with zero attached hydrogens (tertiary/aromatic N) is 2. The predicted octanol–water partition coefficient (Wildman–Crippen LogP) is 4.39. The van der Waals surface area contributed by atoms with Gasteiger partial charge in [-0.25, -0.2) is 18.7 Å². The van der Waals surface area contributed by atoms with Crippen molar-refractivity contribution in [3.05, 3.63) is 41.9 Å². The van der Waals surface area contributed by atoms with E-state index in [4.69, 9.17) is 10.5 Å². The molecule has 2 unspecified atom stereocenters. The van der Waals surface area contributed by atoms with E-state index in [1.165, 1.54) is 6.07 Å². The average molecular weight is 349 g/mol. The Bertz CT molecular complexity index is 694. The number of benzene rings is 1. The maximum absolute atomic E-state index is 13.5. The molecule has 0 aliphatic heterocycles. The van der Waals surface area contributed by atoms with Gasteiger partial charge in [0, 0.05) is 11.8 Å². The Hall–Kier alpha value is -2.08. The molecule has 2 rings (SSSR count). The van der Waals surface area contributed by atoms with Crippen molar-refractivity contribution < 1.29 is 13.5 Å². The summed E-state index contributed by atoms with van der Waals surface area (Å²) in [7, 11) is 0. The zero-order valence-corrected chi connectivity index (χ0v) is 14.9. The molecule has 6 heteroatoms. The first-order valence-corrected chi connectivity index (χ1v) is 8.45. The summed E-state index contributed by atoms with van der Waals surface area (Å²) in [6, 6.07) is 6.48. The molecule has 0 bridgehead atoms. The number of ether oxygens (including phenoxy) is 1. The fourth-order valence-electron chi connectivity index (χ4n) is 2.71. The number of alkyl halides is 2. The molecular formula is C19H25F2N3O. The van der Waals surface area contributed by atoms with Crippen molar-refractivity contribution in [3.8, 4) is 17.0 Å². The van der Waals surface area contributed by atoms with E-state index in [0.717, 1.165) is 6.42 Å². The van der Waals surface area contributed by atoms with E-state index in [1.807, 2.05) is 6.92 Å². The first-order valence-electron chi connectivity index (χ1n) is 8.45. The van der Waals surface area contributed by atoms with E-state index >= 15 is 0 Å². The van der Waals surface area contributed by atoms with Gasteiger partial charge in [0.15, 0.2) is 0 Å². The molecule has 2 aromatic rings. The van der Waals surface area contributed by atoms with Crippen LogP contribution in [0.3, 0.4) is 0 Å². The lowest BCUT2D eigenvalue weighted by molar-refractivity contribution is 0.142. The van der Waals surface area contributed by atoms with Gasteiger partial charge in [-0.3, -0.25) is 0 Å². The summed E-state index contributed by atoms with van der Waals surface area (Å²) in [5, 5.41) is 0. The van der Waals surface area contributed by atoms with Crippen molar-refractivity contribution >= 4 is 0 Å². The maximum Gasteiger partial charge on any atom is 0.267 e. The van der Waals surface area contributed by atoms with Crippen LogP contribution < -0.4 is 10.5 Å². The highest BCUT2D eigenvalue weighted by Crippen LogP contribution is 2.33. The summed E-state index contributed by atoms with van der Waals surface area (Å²) in [6.45, 7) is 6.86. The largest absolute Gasteiger partial charge is 0.493 e. The van der Waals surface area contributed by atoms with Gasteiger partial charge in [0.25, 0.3) is 6.43 Å². The number of aromatic nitrogens is 2. The first-order chi connectivity index (χ1) is 11.9. The molecular weight excluding hydrogens is 324 g/mol. The quantitative estimate of drug-likeness (QED) is 0.768. The van der Waals surface area contributed by atoms with Crippen molar-refractivity contribution in [2.45, 2.75) is 33.6 Å². The van der Waals surface area contributed by atoms with Crippen molar-refractivity contribution in [1.82, 2.24) is 9.97 Å². The van der Waals surface area contributed by atoms with Crippen LogP contribution in [0, 0.1) is 18.8 Å². The molecule has 1 aromatic carbocycles. The van der Waals surface area contributed by atoms with Gasteiger partial charge in [0.2, 0.25) is 0 Å². The second kappa shape index (κ2) is 8.85. The molecule has 0 saturated heterocycles. The second-order valence-corrected chi connectivity index (χ2v) is 6.54. The van der Waals surface area contributed by atoms with Gasteiger partial charge in [0.05, 0.1) is 17.9 Å². The van der Waals surface area contributed by atoms with Crippen LogP contribution in [0.2, 0.25) is 0 Å². The lowest BCUT2D eigenvalue weighted by Crippen LogP contribution is -2.18. The molecule has 1 aromatic heterocycles. The van der Waals surface area contributed by atoms with E-state index < -0.39 is 6.43 Å². The highest BCUT2D eigenvalue weighted by molar-refractivity contribution is 5.62. The number of aryl methyl sites for hydroxylation is 1. The van der Waals surface area contributed by atoms with Gasteiger partial charge in [0.1, 0.15) is 11.6 Å². The third-order valence-corrected chi connectivity index (χ3v) is 4.05.